The molecule has 11 heteroatoms. The number of benzene rings is 2. The van der Waals surface area contributed by atoms with Gasteiger partial charge >= 0.3 is 0 Å². The van der Waals surface area contributed by atoms with Gasteiger partial charge in [0.2, 0.25) is 5.01 Å². The van der Waals surface area contributed by atoms with E-state index in [1.165, 1.54) is 36.7 Å². The van der Waals surface area contributed by atoms with Crippen molar-refractivity contribution < 1.29 is 17.6 Å². The highest BCUT2D eigenvalue weighted by Gasteiger charge is 2.29. The Bertz CT molecular complexity index is 1180. The van der Waals surface area contributed by atoms with E-state index in [0.29, 0.717) is 16.4 Å². The SMILES string of the molecule is O=C(Nc1ccc(F)cc1)c1nnc(CN2C=Nc3ccccc3S2(=O)=O)s1. The van der Waals surface area contributed by atoms with Crippen molar-refractivity contribution in [2.24, 2.45) is 4.99 Å². The minimum atomic E-state index is -3.76. The van der Waals surface area contributed by atoms with Crippen molar-refractivity contribution in [3.63, 3.8) is 0 Å². The van der Waals surface area contributed by atoms with Crippen LogP contribution < -0.4 is 5.32 Å². The van der Waals surface area contributed by atoms with Crippen LogP contribution in [0.1, 0.15) is 14.8 Å². The van der Waals surface area contributed by atoms with Gasteiger partial charge in [-0.3, -0.25) is 4.79 Å². The zero-order valence-electron chi connectivity index (χ0n) is 14.1. The smallest absolute Gasteiger partial charge is 0.286 e. The number of nitrogens with zero attached hydrogens (tertiary/aromatic N) is 4. The van der Waals surface area contributed by atoms with Gasteiger partial charge in [0.25, 0.3) is 15.9 Å². The first kappa shape index (κ1) is 18.2. The fourth-order valence-corrected chi connectivity index (χ4v) is 4.65. The summed E-state index contributed by atoms with van der Waals surface area (Å²) in [4.78, 5) is 16.5. The van der Waals surface area contributed by atoms with Gasteiger partial charge in [-0.25, -0.2) is 22.1 Å². The molecule has 0 spiro atoms. The number of carbonyl (C=O) groups is 1. The summed E-state index contributed by atoms with van der Waals surface area (Å²) >= 11 is 0.963. The molecule has 0 atom stereocenters. The van der Waals surface area contributed by atoms with E-state index >= 15 is 0 Å². The maximum atomic E-state index is 12.9. The Kier molecular flexibility index (Phi) is 4.61. The predicted octanol–water partition coefficient (Wildman–Crippen LogP) is 2.79. The van der Waals surface area contributed by atoms with Gasteiger partial charge in [0.1, 0.15) is 22.1 Å². The monoisotopic (exact) mass is 417 g/mol. The van der Waals surface area contributed by atoms with E-state index in [1.807, 2.05) is 0 Å². The third-order valence-electron chi connectivity index (χ3n) is 3.83. The number of amides is 1. The molecule has 28 heavy (non-hydrogen) atoms. The van der Waals surface area contributed by atoms with Crippen molar-refractivity contribution in [1.82, 2.24) is 14.5 Å². The molecule has 0 saturated heterocycles. The number of halogens is 1. The summed E-state index contributed by atoms with van der Waals surface area (Å²) in [5.74, 6) is -0.932. The summed E-state index contributed by atoms with van der Waals surface area (Å²) in [6.07, 6.45) is 1.22. The van der Waals surface area contributed by atoms with Crippen LogP contribution in [-0.4, -0.2) is 35.2 Å². The average molecular weight is 417 g/mol. The van der Waals surface area contributed by atoms with Gasteiger partial charge in [-0.1, -0.05) is 23.5 Å². The molecule has 0 fully saturated rings. The Morgan fingerprint density at radius 1 is 1.11 bits per heavy atom. The molecule has 142 valence electrons. The normalized spacial score (nSPS) is 14.5. The van der Waals surface area contributed by atoms with Gasteiger partial charge in [-0.2, -0.15) is 0 Å². The third kappa shape index (κ3) is 3.49. The van der Waals surface area contributed by atoms with E-state index in [-0.39, 0.29) is 16.4 Å². The first-order valence-electron chi connectivity index (χ1n) is 7.98. The van der Waals surface area contributed by atoms with Crippen molar-refractivity contribution in [1.29, 1.82) is 0 Å². The lowest BCUT2D eigenvalue weighted by atomic mass is 10.3. The van der Waals surface area contributed by atoms with Crippen LogP contribution in [0.5, 0.6) is 0 Å². The number of aromatic nitrogens is 2. The Morgan fingerprint density at radius 3 is 2.64 bits per heavy atom. The summed E-state index contributed by atoms with van der Waals surface area (Å²) in [6.45, 7) is -0.0956. The summed E-state index contributed by atoms with van der Waals surface area (Å²) in [6, 6.07) is 11.7. The minimum absolute atomic E-state index is 0.0612. The fourth-order valence-electron chi connectivity index (χ4n) is 2.48. The van der Waals surface area contributed by atoms with E-state index in [1.54, 1.807) is 18.2 Å². The molecule has 0 aliphatic carbocycles. The van der Waals surface area contributed by atoms with Crippen molar-refractivity contribution in [2.75, 3.05) is 5.32 Å². The average Bonchev–Trinajstić information content (AvgIpc) is 3.15. The molecule has 1 aliphatic rings. The number of rotatable bonds is 4. The van der Waals surface area contributed by atoms with Crippen LogP contribution in [0.3, 0.4) is 0 Å². The highest BCUT2D eigenvalue weighted by Crippen LogP contribution is 2.31. The second-order valence-corrected chi connectivity index (χ2v) is 8.65. The number of fused-ring (bicyclic) bond motifs is 1. The van der Waals surface area contributed by atoms with Gasteiger partial charge in [0.15, 0.2) is 0 Å². The van der Waals surface area contributed by atoms with E-state index in [2.05, 4.69) is 20.5 Å². The van der Waals surface area contributed by atoms with Crippen LogP contribution in [0.4, 0.5) is 15.8 Å². The number of nitrogens with one attached hydrogen (secondary N) is 1. The molecular formula is C17H12FN5O3S2. The summed E-state index contributed by atoms with van der Waals surface area (Å²) in [5, 5.41) is 10.7. The molecule has 2 heterocycles. The lowest BCUT2D eigenvalue weighted by Crippen LogP contribution is -2.31. The van der Waals surface area contributed by atoms with E-state index in [0.717, 1.165) is 15.6 Å². The zero-order valence-corrected chi connectivity index (χ0v) is 15.7. The second kappa shape index (κ2) is 7.09. The van der Waals surface area contributed by atoms with Crippen LogP contribution in [0.2, 0.25) is 0 Å². The number of carbonyl (C=O) groups excluding carboxylic acids is 1. The number of para-hydroxylation sites is 1. The largest absolute Gasteiger partial charge is 0.320 e. The molecule has 3 aromatic rings. The Balaban J connectivity index is 1.49. The van der Waals surface area contributed by atoms with E-state index in [9.17, 15) is 17.6 Å². The van der Waals surface area contributed by atoms with Crippen LogP contribution in [0.15, 0.2) is 58.4 Å². The topological polar surface area (TPSA) is 105 Å². The Morgan fingerprint density at radius 2 is 1.86 bits per heavy atom. The maximum absolute atomic E-state index is 12.9. The lowest BCUT2D eigenvalue weighted by molar-refractivity contribution is 0.102. The molecule has 0 bridgehead atoms. The standard InChI is InChI=1S/C17H12FN5O3S2/c18-11-5-7-12(8-6-11)20-16(24)17-22-21-15(27-17)9-23-10-19-13-3-1-2-4-14(13)28(23,25)26/h1-8,10H,9H2,(H,20,24). The molecular weight excluding hydrogens is 405 g/mol. The number of anilines is 1. The lowest BCUT2D eigenvalue weighted by Gasteiger charge is -2.22. The molecule has 1 aliphatic heterocycles. The summed E-state index contributed by atoms with van der Waals surface area (Å²) in [7, 11) is -3.76. The van der Waals surface area contributed by atoms with Gasteiger partial charge in [0, 0.05) is 5.69 Å². The zero-order chi connectivity index (χ0) is 19.7. The van der Waals surface area contributed by atoms with Gasteiger partial charge < -0.3 is 5.32 Å². The summed E-state index contributed by atoms with van der Waals surface area (Å²) in [5.41, 5.74) is 0.779. The molecule has 0 unspecified atom stereocenters. The number of hydrogen-bond donors (Lipinski definition) is 1. The van der Waals surface area contributed by atoms with E-state index in [4.69, 9.17) is 0 Å². The quantitative estimate of drug-likeness (QED) is 0.703. The first-order valence-corrected chi connectivity index (χ1v) is 10.2. The van der Waals surface area contributed by atoms with Gasteiger partial charge in [-0.05, 0) is 36.4 Å². The third-order valence-corrected chi connectivity index (χ3v) is 6.48. The number of hydrogen-bond acceptors (Lipinski definition) is 7. The Hall–Kier alpha value is -3.18. The molecule has 2 aromatic carbocycles. The van der Waals surface area contributed by atoms with Crippen LogP contribution >= 0.6 is 11.3 Å². The first-order chi connectivity index (χ1) is 13.4. The highest BCUT2D eigenvalue weighted by atomic mass is 32.2. The van der Waals surface area contributed by atoms with Crippen LogP contribution in [0.25, 0.3) is 0 Å². The van der Waals surface area contributed by atoms with Crippen molar-refractivity contribution in [3.8, 4) is 0 Å². The minimum Gasteiger partial charge on any atom is -0.320 e. The maximum Gasteiger partial charge on any atom is 0.286 e. The van der Waals surface area contributed by atoms with Crippen LogP contribution in [0, 0.1) is 5.82 Å². The molecule has 4 rings (SSSR count). The van der Waals surface area contributed by atoms with Crippen LogP contribution in [-0.2, 0) is 16.6 Å². The fraction of sp³-hybridized carbons (Fsp3) is 0.0588. The number of aliphatic imine (C=N–C) groups is 1. The molecule has 1 N–H and O–H groups in total. The number of sulfonamides is 1. The van der Waals surface area contributed by atoms with Crippen molar-refractivity contribution >= 4 is 45.0 Å². The van der Waals surface area contributed by atoms with Crippen molar-refractivity contribution in [3.05, 3.63) is 64.4 Å². The summed E-state index contributed by atoms with van der Waals surface area (Å²) < 4.78 is 39.4. The van der Waals surface area contributed by atoms with E-state index < -0.39 is 21.7 Å². The molecule has 8 nitrogen and oxygen atoms in total. The molecule has 1 amide bonds. The van der Waals surface area contributed by atoms with Crippen molar-refractivity contribution in [2.45, 2.75) is 11.4 Å². The second-order valence-electron chi connectivity index (χ2n) is 5.72. The highest BCUT2D eigenvalue weighted by molar-refractivity contribution is 7.89. The molecule has 0 saturated carbocycles. The molecule has 0 radical (unpaired) electrons. The Labute approximate surface area is 163 Å². The predicted molar refractivity (Wildman–Crippen MR) is 102 cm³/mol. The van der Waals surface area contributed by atoms with Gasteiger partial charge in [-0.15, -0.1) is 10.2 Å². The van der Waals surface area contributed by atoms with Gasteiger partial charge in [0.05, 0.1) is 12.2 Å². The molecule has 1 aromatic heterocycles.